The van der Waals surface area contributed by atoms with Crippen LogP contribution in [0.4, 0.5) is 0 Å². The van der Waals surface area contributed by atoms with Crippen molar-refractivity contribution in [1.82, 2.24) is 9.80 Å². The van der Waals surface area contributed by atoms with Crippen molar-refractivity contribution in [3.05, 3.63) is 0 Å². The van der Waals surface area contributed by atoms with E-state index in [1.807, 2.05) is 0 Å². The summed E-state index contributed by atoms with van der Waals surface area (Å²) in [6.45, 7) is 18.0. The molecule has 0 amide bonds. The molecule has 0 N–H and O–H groups in total. The van der Waals surface area contributed by atoms with Crippen LogP contribution in [0.5, 0.6) is 0 Å². The summed E-state index contributed by atoms with van der Waals surface area (Å²) in [5.74, 6) is 0. The first-order valence-electron chi connectivity index (χ1n) is 7.18. The van der Waals surface area contributed by atoms with Crippen molar-refractivity contribution in [2.45, 2.75) is 77.4 Å². The summed E-state index contributed by atoms with van der Waals surface area (Å²) in [6, 6.07) is 0. The van der Waals surface area contributed by atoms with Gasteiger partial charge < -0.3 is 0 Å². The van der Waals surface area contributed by atoms with Crippen LogP contribution < -0.4 is 0 Å². The zero-order valence-corrected chi connectivity index (χ0v) is 12.6. The van der Waals surface area contributed by atoms with E-state index >= 15 is 0 Å². The minimum Gasteiger partial charge on any atom is -0.298 e. The van der Waals surface area contributed by atoms with E-state index in [0.29, 0.717) is 16.6 Å². The molecule has 2 heteroatoms. The summed E-state index contributed by atoms with van der Waals surface area (Å²) in [6.07, 6.45) is 4.14. The second-order valence-corrected chi connectivity index (χ2v) is 7.95. The average molecular weight is 238 g/mol. The summed E-state index contributed by atoms with van der Waals surface area (Å²) in [4.78, 5) is 5.40. The van der Waals surface area contributed by atoms with E-state index in [0.717, 1.165) is 0 Å². The fourth-order valence-corrected chi connectivity index (χ4v) is 3.70. The van der Waals surface area contributed by atoms with Gasteiger partial charge >= 0.3 is 0 Å². The summed E-state index contributed by atoms with van der Waals surface area (Å²) >= 11 is 0. The lowest BCUT2D eigenvalue weighted by Gasteiger charge is -2.62. The van der Waals surface area contributed by atoms with Crippen LogP contribution in [0, 0.1) is 0 Å². The van der Waals surface area contributed by atoms with Gasteiger partial charge in [-0.1, -0.05) is 0 Å². The highest BCUT2D eigenvalue weighted by atomic mass is 15.3. The van der Waals surface area contributed by atoms with Crippen molar-refractivity contribution >= 4 is 0 Å². The molecule has 0 saturated carbocycles. The van der Waals surface area contributed by atoms with E-state index in [2.05, 4.69) is 51.3 Å². The molecule has 2 saturated heterocycles. The molecule has 0 bridgehead atoms. The van der Waals surface area contributed by atoms with Crippen molar-refractivity contribution in [1.29, 1.82) is 0 Å². The zero-order chi connectivity index (χ0) is 12.9. The van der Waals surface area contributed by atoms with E-state index < -0.39 is 0 Å². The fourth-order valence-electron chi connectivity index (χ4n) is 3.70. The van der Waals surface area contributed by atoms with Crippen LogP contribution in [0.1, 0.15) is 60.8 Å². The molecular formula is C15H30N2. The van der Waals surface area contributed by atoms with Gasteiger partial charge in [0.05, 0.1) is 0 Å². The Labute approximate surface area is 107 Å². The summed E-state index contributed by atoms with van der Waals surface area (Å²) in [5, 5.41) is 0. The molecule has 2 aliphatic rings. The highest BCUT2D eigenvalue weighted by Gasteiger charge is 2.50. The first kappa shape index (κ1) is 13.4. The molecule has 0 atom stereocenters. The summed E-state index contributed by atoms with van der Waals surface area (Å²) < 4.78 is 0. The molecule has 0 aromatic heterocycles. The maximum Gasteiger partial charge on any atom is 0.0251 e. The second-order valence-electron chi connectivity index (χ2n) is 7.95. The number of likely N-dealkylation sites (tertiary alicyclic amines) is 2. The normalized spacial score (nSPS) is 27.2. The molecule has 0 aromatic carbocycles. The molecule has 2 nitrogen and oxygen atoms in total. The zero-order valence-electron chi connectivity index (χ0n) is 12.6. The van der Waals surface area contributed by atoms with Crippen LogP contribution in [0.2, 0.25) is 0 Å². The Kier molecular flexibility index (Phi) is 3.11. The van der Waals surface area contributed by atoms with Crippen molar-refractivity contribution in [2.75, 3.05) is 19.6 Å². The lowest BCUT2D eigenvalue weighted by atomic mass is 9.73. The summed E-state index contributed by atoms with van der Waals surface area (Å²) in [7, 11) is 0. The predicted molar refractivity (Wildman–Crippen MR) is 74.4 cm³/mol. The van der Waals surface area contributed by atoms with Gasteiger partial charge in [-0.15, -0.1) is 0 Å². The lowest BCUT2D eigenvalue weighted by Crippen LogP contribution is -2.69. The number of hydrogen-bond donors (Lipinski definition) is 0. The Morgan fingerprint density at radius 2 is 1.18 bits per heavy atom. The van der Waals surface area contributed by atoms with E-state index in [-0.39, 0.29) is 0 Å². The van der Waals surface area contributed by atoms with Gasteiger partial charge in [0.25, 0.3) is 0 Å². The van der Waals surface area contributed by atoms with Crippen molar-refractivity contribution in [3.63, 3.8) is 0 Å². The molecule has 0 radical (unpaired) electrons. The topological polar surface area (TPSA) is 6.48 Å². The van der Waals surface area contributed by atoms with Gasteiger partial charge in [-0.25, -0.2) is 0 Å². The smallest absolute Gasteiger partial charge is 0.0251 e. The third-order valence-electron chi connectivity index (χ3n) is 4.83. The summed E-state index contributed by atoms with van der Waals surface area (Å²) in [5.41, 5.74) is 1.24. The molecule has 100 valence electrons. The molecule has 2 fully saturated rings. The molecule has 2 rings (SSSR count). The van der Waals surface area contributed by atoms with Gasteiger partial charge in [-0.3, -0.25) is 9.80 Å². The monoisotopic (exact) mass is 238 g/mol. The minimum absolute atomic E-state index is 0.345. The van der Waals surface area contributed by atoms with E-state index in [1.54, 1.807) is 0 Å². The van der Waals surface area contributed by atoms with Gasteiger partial charge in [-0.05, 0) is 60.8 Å². The third kappa shape index (κ3) is 2.39. The molecular weight excluding hydrogens is 208 g/mol. The molecule has 0 aliphatic carbocycles. The van der Waals surface area contributed by atoms with Gasteiger partial charge in [0.1, 0.15) is 0 Å². The van der Waals surface area contributed by atoms with Crippen LogP contribution in [-0.2, 0) is 0 Å². The van der Waals surface area contributed by atoms with Gasteiger partial charge in [0.2, 0.25) is 0 Å². The molecule has 2 aliphatic heterocycles. The fraction of sp³-hybridized carbons (Fsp3) is 1.00. The SMILES string of the molecule is CC(C)(C)N1CCC2(CC1)CCN2C(C)(C)C. The first-order chi connectivity index (χ1) is 7.65. The van der Waals surface area contributed by atoms with Gasteiger partial charge in [-0.2, -0.15) is 0 Å². The van der Waals surface area contributed by atoms with E-state index in [9.17, 15) is 0 Å². The largest absolute Gasteiger partial charge is 0.298 e. The van der Waals surface area contributed by atoms with Crippen molar-refractivity contribution in [3.8, 4) is 0 Å². The quantitative estimate of drug-likeness (QED) is 0.640. The molecule has 1 spiro atoms. The van der Waals surface area contributed by atoms with Crippen LogP contribution in [0.3, 0.4) is 0 Å². The van der Waals surface area contributed by atoms with Crippen LogP contribution in [0.25, 0.3) is 0 Å². The Bertz CT molecular complexity index is 274. The molecule has 17 heavy (non-hydrogen) atoms. The van der Waals surface area contributed by atoms with Crippen molar-refractivity contribution < 1.29 is 0 Å². The molecule has 0 aromatic rings. The Morgan fingerprint density at radius 1 is 0.706 bits per heavy atom. The third-order valence-corrected chi connectivity index (χ3v) is 4.83. The standard InChI is InChI=1S/C15H30N2/c1-13(2,3)16-10-7-15(8-11-16)9-12-17(15)14(4,5)6/h7-12H2,1-6H3. The van der Waals surface area contributed by atoms with Gasteiger partial charge in [0, 0.05) is 36.3 Å². The Morgan fingerprint density at radius 3 is 1.47 bits per heavy atom. The highest BCUT2D eigenvalue weighted by molar-refractivity contribution is 5.07. The average Bonchev–Trinajstić information content (AvgIpc) is 2.12. The van der Waals surface area contributed by atoms with Crippen molar-refractivity contribution in [2.24, 2.45) is 0 Å². The number of hydrogen-bond acceptors (Lipinski definition) is 2. The number of piperidine rings is 1. The lowest BCUT2D eigenvalue weighted by molar-refractivity contribution is -0.118. The van der Waals surface area contributed by atoms with E-state index in [1.165, 1.54) is 38.9 Å². The van der Waals surface area contributed by atoms with E-state index in [4.69, 9.17) is 0 Å². The first-order valence-corrected chi connectivity index (χ1v) is 7.18. The maximum atomic E-state index is 2.75. The Hall–Kier alpha value is -0.0800. The molecule has 2 heterocycles. The predicted octanol–water partition coefficient (Wildman–Crippen LogP) is 3.12. The number of nitrogens with zero attached hydrogens (tertiary/aromatic N) is 2. The minimum atomic E-state index is 0.345. The van der Waals surface area contributed by atoms with Crippen LogP contribution in [0.15, 0.2) is 0 Å². The van der Waals surface area contributed by atoms with Crippen LogP contribution in [-0.4, -0.2) is 46.1 Å². The Balaban J connectivity index is 1.99. The number of rotatable bonds is 0. The maximum absolute atomic E-state index is 2.75. The second kappa shape index (κ2) is 3.96. The van der Waals surface area contributed by atoms with Crippen LogP contribution >= 0.6 is 0 Å². The highest BCUT2D eigenvalue weighted by Crippen LogP contribution is 2.44. The van der Waals surface area contributed by atoms with Gasteiger partial charge in [0.15, 0.2) is 0 Å². The molecule has 0 unspecified atom stereocenters.